The number of phenolic OH excluding ortho intramolecular Hbond substituents is 1. The van der Waals surface area contributed by atoms with E-state index >= 15 is 8.78 Å². The van der Waals surface area contributed by atoms with Gasteiger partial charge in [-0.2, -0.15) is 15.1 Å². The molecule has 276 valence electrons. The number of pyridine rings is 1. The maximum atomic E-state index is 17.1. The second kappa shape index (κ2) is 12.7. The van der Waals surface area contributed by atoms with Gasteiger partial charge < -0.3 is 14.7 Å². The minimum atomic E-state index is -0.944. The zero-order valence-electron chi connectivity index (χ0n) is 29.9. The third kappa shape index (κ3) is 5.61. The first kappa shape index (κ1) is 34.0. The van der Waals surface area contributed by atoms with Crippen LogP contribution in [0.25, 0.3) is 32.9 Å². The lowest BCUT2D eigenvalue weighted by atomic mass is 9.93. The molecule has 0 bridgehead atoms. The summed E-state index contributed by atoms with van der Waals surface area (Å²) in [7, 11) is 0. The number of fused-ring (bicyclic) bond motifs is 4. The van der Waals surface area contributed by atoms with Gasteiger partial charge in [0.1, 0.15) is 41.4 Å². The van der Waals surface area contributed by atoms with Crippen molar-refractivity contribution in [1.29, 1.82) is 0 Å². The average Bonchev–Trinajstić information content (AvgIpc) is 3.36. The van der Waals surface area contributed by atoms with E-state index in [-0.39, 0.29) is 47.0 Å². The third-order valence-corrected chi connectivity index (χ3v) is 12.3. The van der Waals surface area contributed by atoms with Crippen LogP contribution in [-0.2, 0) is 6.42 Å². The van der Waals surface area contributed by atoms with Gasteiger partial charge in [-0.25, -0.2) is 17.9 Å². The number of alkyl halides is 1. The molecule has 10 nitrogen and oxygen atoms in total. The van der Waals surface area contributed by atoms with Gasteiger partial charge >= 0.3 is 6.01 Å². The number of benzene rings is 2. The van der Waals surface area contributed by atoms with E-state index in [0.29, 0.717) is 66.4 Å². The van der Waals surface area contributed by atoms with Crippen molar-refractivity contribution in [2.75, 3.05) is 37.7 Å². The zero-order valence-corrected chi connectivity index (χ0v) is 29.9. The van der Waals surface area contributed by atoms with Gasteiger partial charge in [-0.05, 0) is 105 Å². The van der Waals surface area contributed by atoms with Crippen molar-refractivity contribution in [3.63, 3.8) is 0 Å². The fraction of sp³-hybridized carbons (Fsp3) is 0.475. The molecule has 4 fully saturated rings. The number of halogens is 3. The molecule has 1 saturated carbocycles. The number of carbonyl (C=O) groups is 1. The summed E-state index contributed by atoms with van der Waals surface area (Å²) in [5.74, 6) is -0.573. The zero-order chi connectivity index (χ0) is 36.6. The number of carbonyl (C=O) groups excluding carboxylic acids is 1. The Morgan fingerprint density at radius 3 is 2.75 bits per heavy atom. The summed E-state index contributed by atoms with van der Waals surface area (Å²) >= 11 is 0. The first-order valence-electron chi connectivity index (χ1n) is 18.7. The molecule has 3 aliphatic heterocycles. The first-order valence-corrected chi connectivity index (χ1v) is 18.7. The highest BCUT2D eigenvalue weighted by Crippen LogP contribution is 2.59. The Labute approximate surface area is 305 Å². The van der Waals surface area contributed by atoms with Gasteiger partial charge in [0.05, 0.1) is 22.0 Å². The largest absolute Gasteiger partial charge is 0.508 e. The molecule has 5 aromatic rings. The maximum Gasteiger partial charge on any atom is 0.319 e. The van der Waals surface area contributed by atoms with Crippen LogP contribution in [0.15, 0.2) is 42.7 Å². The van der Waals surface area contributed by atoms with Crippen LogP contribution in [0, 0.1) is 29.9 Å². The van der Waals surface area contributed by atoms with Gasteiger partial charge in [0, 0.05) is 44.0 Å². The molecule has 4 aliphatic rings. The SMILES string of the molecule is CCc1c(F)ccc2cc(O)cc(-c3ncc4c(N5CCCC6CC6(C(=O)n6ccc(C)n6)CC5)nc(OC[C@@]56CCCN5C[C@H](F)C6)nc4c3F)c12. The number of hydrogen-bond donors (Lipinski definition) is 1. The van der Waals surface area contributed by atoms with Crippen molar-refractivity contribution in [3.8, 4) is 23.0 Å². The van der Waals surface area contributed by atoms with Gasteiger partial charge in [-0.3, -0.25) is 14.7 Å². The molecular formula is C40H42F3N7O3. The van der Waals surface area contributed by atoms with Crippen LogP contribution in [0.1, 0.15) is 67.9 Å². The highest BCUT2D eigenvalue weighted by molar-refractivity contribution is 6.01. The molecule has 3 aromatic heterocycles. The van der Waals surface area contributed by atoms with Crippen LogP contribution in [0.4, 0.5) is 19.0 Å². The van der Waals surface area contributed by atoms with Crippen molar-refractivity contribution < 1.29 is 27.8 Å². The molecule has 2 aromatic carbocycles. The van der Waals surface area contributed by atoms with Crippen LogP contribution in [0.5, 0.6) is 11.8 Å². The first-order chi connectivity index (χ1) is 25.6. The van der Waals surface area contributed by atoms with Gasteiger partial charge in [-0.15, -0.1) is 0 Å². The molecule has 0 radical (unpaired) electrons. The third-order valence-electron chi connectivity index (χ3n) is 12.3. The fourth-order valence-electron chi connectivity index (χ4n) is 9.57. The Kier molecular flexibility index (Phi) is 8.13. The number of aromatic nitrogens is 5. The fourth-order valence-corrected chi connectivity index (χ4v) is 9.57. The molecule has 4 atom stereocenters. The maximum absolute atomic E-state index is 17.1. The molecule has 0 amide bonds. The summed E-state index contributed by atoms with van der Waals surface area (Å²) in [5, 5.41) is 16.5. The van der Waals surface area contributed by atoms with Gasteiger partial charge in [0.25, 0.3) is 5.91 Å². The molecule has 6 heterocycles. The second-order valence-electron chi connectivity index (χ2n) is 15.5. The van der Waals surface area contributed by atoms with Gasteiger partial charge in [-0.1, -0.05) is 13.0 Å². The smallest absolute Gasteiger partial charge is 0.319 e. The number of ether oxygens (including phenoxy) is 1. The lowest BCUT2D eigenvalue weighted by Gasteiger charge is -2.31. The number of rotatable bonds is 7. The summed E-state index contributed by atoms with van der Waals surface area (Å²) in [6.45, 7) is 6.11. The molecule has 1 N–H and O–H groups in total. The highest BCUT2D eigenvalue weighted by Gasteiger charge is 2.60. The van der Waals surface area contributed by atoms with Crippen LogP contribution < -0.4 is 9.64 Å². The van der Waals surface area contributed by atoms with Crippen molar-refractivity contribution in [2.24, 2.45) is 11.3 Å². The number of phenols is 1. The number of aromatic hydroxyl groups is 1. The Bertz CT molecular complexity index is 2280. The summed E-state index contributed by atoms with van der Waals surface area (Å²) in [6, 6.07) is 7.63. The average molecular weight is 726 g/mol. The van der Waals surface area contributed by atoms with E-state index < -0.39 is 28.8 Å². The summed E-state index contributed by atoms with van der Waals surface area (Å²) in [4.78, 5) is 32.1. The molecule has 2 unspecified atom stereocenters. The lowest BCUT2D eigenvalue weighted by Crippen LogP contribution is -2.43. The molecular weight excluding hydrogens is 683 g/mol. The normalized spacial score (nSPS) is 25.7. The highest BCUT2D eigenvalue weighted by atomic mass is 19.1. The Hall–Kier alpha value is -4.78. The minimum absolute atomic E-state index is 0.00398. The molecule has 9 rings (SSSR count). The standard InChI is InChI=1S/C40H42F3N7O3/c1-3-28-31(42)8-7-24-16-27(51)17-29(32(24)28)34-33(43)35-30(20-44-34)36(46-38(45-35)53-22-39-10-5-13-49(39)21-26(41)19-39)48-12-4-6-25-18-40(25,11-15-48)37(52)50-14-9-23(2)47-50/h7-9,14,16-17,20,25-26,51H,3-6,10-13,15,18-19,21-22H2,1-2H3/t25?,26-,39+,40?/m1/s1. The molecule has 0 spiro atoms. The van der Waals surface area contributed by atoms with E-state index in [0.717, 1.165) is 44.3 Å². The lowest BCUT2D eigenvalue weighted by molar-refractivity contribution is 0.0767. The van der Waals surface area contributed by atoms with E-state index in [2.05, 4.69) is 24.9 Å². The molecule has 53 heavy (non-hydrogen) atoms. The van der Waals surface area contributed by atoms with Crippen molar-refractivity contribution in [3.05, 3.63) is 65.6 Å². The van der Waals surface area contributed by atoms with Crippen molar-refractivity contribution >= 4 is 33.4 Å². The van der Waals surface area contributed by atoms with E-state index in [1.165, 1.54) is 29.1 Å². The van der Waals surface area contributed by atoms with Crippen molar-refractivity contribution in [1.82, 2.24) is 29.6 Å². The summed E-state index contributed by atoms with van der Waals surface area (Å²) < 4.78 is 54.7. The predicted molar refractivity (Wildman–Crippen MR) is 194 cm³/mol. The number of hydrogen-bond acceptors (Lipinski definition) is 9. The van der Waals surface area contributed by atoms with E-state index in [9.17, 15) is 14.3 Å². The van der Waals surface area contributed by atoms with Gasteiger partial charge in [0.2, 0.25) is 0 Å². The molecule has 1 aliphatic carbocycles. The number of aryl methyl sites for hydroxylation is 2. The second-order valence-corrected chi connectivity index (χ2v) is 15.5. The Morgan fingerprint density at radius 2 is 1.94 bits per heavy atom. The van der Waals surface area contributed by atoms with Crippen LogP contribution >= 0.6 is 0 Å². The van der Waals surface area contributed by atoms with E-state index in [1.807, 2.05) is 19.9 Å². The van der Waals surface area contributed by atoms with E-state index in [1.54, 1.807) is 12.3 Å². The summed E-state index contributed by atoms with van der Waals surface area (Å²) in [6.07, 6.45) is 7.76. The number of anilines is 1. The predicted octanol–water partition coefficient (Wildman–Crippen LogP) is 7.19. The van der Waals surface area contributed by atoms with Crippen LogP contribution in [0.2, 0.25) is 0 Å². The number of nitrogens with zero attached hydrogens (tertiary/aromatic N) is 7. The quantitative estimate of drug-likeness (QED) is 0.187. The Balaban J connectivity index is 1.14. The van der Waals surface area contributed by atoms with Crippen molar-refractivity contribution in [2.45, 2.75) is 76.9 Å². The topological polar surface area (TPSA) is 110 Å². The molecule has 3 saturated heterocycles. The Morgan fingerprint density at radius 1 is 1.08 bits per heavy atom. The molecule has 13 heteroatoms. The van der Waals surface area contributed by atoms with Crippen LogP contribution in [-0.4, -0.2) is 85.1 Å². The van der Waals surface area contributed by atoms with Gasteiger partial charge in [0.15, 0.2) is 5.82 Å². The van der Waals surface area contributed by atoms with Crippen LogP contribution in [0.3, 0.4) is 0 Å². The minimum Gasteiger partial charge on any atom is -0.508 e. The van der Waals surface area contributed by atoms with E-state index in [4.69, 9.17) is 9.72 Å². The summed E-state index contributed by atoms with van der Waals surface area (Å²) in [5.41, 5.74) is 0.304. The monoisotopic (exact) mass is 725 g/mol.